The van der Waals surface area contributed by atoms with Crippen LogP contribution in [0.25, 0.3) is 0 Å². The molecule has 4 atom stereocenters. The van der Waals surface area contributed by atoms with Crippen LogP contribution in [-0.4, -0.2) is 26.2 Å². The molecule has 3 aliphatic rings. The average molecular weight is 192 g/mol. The Morgan fingerprint density at radius 3 is 2.64 bits per heavy atom. The lowest BCUT2D eigenvalue weighted by Gasteiger charge is -2.34. The second kappa shape index (κ2) is 3.35. The molecule has 0 aromatic carbocycles. The maximum Gasteiger partial charge on any atom is 0.0291 e. The Balaban J connectivity index is 1.82. The van der Waals surface area contributed by atoms with Crippen LogP contribution in [0.5, 0.6) is 0 Å². The molecule has 2 aliphatic carbocycles. The van der Waals surface area contributed by atoms with Crippen LogP contribution in [0.3, 0.4) is 0 Å². The fraction of sp³-hybridized carbons (Fsp3) is 0.833. The molecular weight excluding hydrogens is 172 g/mol. The van der Waals surface area contributed by atoms with Crippen LogP contribution in [0.15, 0.2) is 12.2 Å². The number of likely N-dealkylation sites (N-methyl/N-ethyl adjacent to an activating group) is 1. The Morgan fingerprint density at radius 2 is 1.93 bits per heavy atom. The van der Waals surface area contributed by atoms with E-state index in [0.717, 1.165) is 23.7 Å². The van der Waals surface area contributed by atoms with E-state index in [2.05, 4.69) is 29.8 Å². The molecule has 3 rings (SSSR count). The third kappa shape index (κ3) is 1.32. The minimum atomic E-state index is 0.616. The van der Waals surface area contributed by atoms with Crippen LogP contribution in [-0.2, 0) is 0 Å². The SMILES string of the molecule is CNC1C=CC(C2CC2)C2CNCC12. The summed E-state index contributed by atoms with van der Waals surface area (Å²) in [6.45, 7) is 2.46. The fourth-order valence-electron chi connectivity index (χ4n) is 3.37. The maximum atomic E-state index is 3.56. The summed E-state index contributed by atoms with van der Waals surface area (Å²) >= 11 is 0. The van der Waals surface area contributed by atoms with Gasteiger partial charge in [0.2, 0.25) is 0 Å². The summed E-state index contributed by atoms with van der Waals surface area (Å²) in [6.07, 6.45) is 7.86. The third-order valence-corrected chi connectivity index (χ3v) is 4.31. The van der Waals surface area contributed by atoms with Crippen molar-refractivity contribution in [3.8, 4) is 0 Å². The molecule has 2 fully saturated rings. The lowest BCUT2D eigenvalue weighted by atomic mass is 9.73. The Bertz CT molecular complexity index is 245. The van der Waals surface area contributed by atoms with E-state index >= 15 is 0 Å². The van der Waals surface area contributed by atoms with Crippen LogP contribution in [0.1, 0.15) is 12.8 Å². The molecule has 0 amide bonds. The van der Waals surface area contributed by atoms with Gasteiger partial charge >= 0.3 is 0 Å². The van der Waals surface area contributed by atoms with E-state index in [4.69, 9.17) is 0 Å². The van der Waals surface area contributed by atoms with Crippen molar-refractivity contribution in [2.75, 3.05) is 20.1 Å². The largest absolute Gasteiger partial charge is 0.316 e. The zero-order valence-corrected chi connectivity index (χ0v) is 8.87. The van der Waals surface area contributed by atoms with Crippen molar-refractivity contribution >= 4 is 0 Å². The molecule has 4 unspecified atom stereocenters. The molecule has 0 bridgehead atoms. The van der Waals surface area contributed by atoms with Gasteiger partial charge in [-0.2, -0.15) is 0 Å². The zero-order valence-electron chi connectivity index (χ0n) is 8.87. The van der Waals surface area contributed by atoms with Gasteiger partial charge in [0.25, 0.3) is 0 Å². The topological polar surface area (TPSA) is 24.1 Å². The summed E-state index contributed by atoms with van der Waals surface area (Å²) in [5.74, 6) is 3.66. The molecule has 1 heterocycles. The van der Waals surface area contributed by atoms with Crippen molar-refractivity contribution in [1.29, 1.82) is 0 Å². The minimum Gasteiger partial charge on any atom is -0.316 e. The highest BCUT2D eigenvalue weighted by molar-refractivity contribution is 5.14. The van der Waals surface area contributed by atoms with Gasteiger partial charge in [-0.25, -0.2) is 0 Å². The van der Waals surface area contributed by atoms with Gasteiger partial charge in [-0.1, -0.05) is 12.2 Å². The van der Waals surface area contributed by atoms with Crippen LogP contribution in [0, 0.1) is 23.7 Å². The highest BCUT2D eigenvalue weighted by atomic mass is 15.0. The molecule has 0 radical (unpaired) electrons. The maximum absolute atomic E-state index is 3.56. The molecule has 2 nitrogen and oxygen atoms in total. The van der Waals surface area contributed by atoms with Crippen molar-refractivity contribution in [1.82, 2.24) is 10.6 Å². The molecule has 1 saturated heterocycles. The molecule has 2 heteroatoms. The van der Waals surface area contributed by atoms with Crippen molar-refractivity contribution in [2.24, 2.45) is 23.7 Å². The Kier molecular flexibility index (Phi) is 2.14. The summed E-state index contributed by atoms with van der Waals surface area (Å²) in [4.78, 5) is 0. The number of rotatable bonds is 2. The molecule has 1 aliphatic heterocycles. The van der Waals surface area contributed by atoms with Gasteiger partial charge in [0.1, 0.15) is 0 Å². The van der Waals surface area contributed by atoms with E-state index in [0.29, 0.717) is 6.04 Å². The van der Waals surface area contributed by atoms with Gasteiger partial charge in [0.15, 0.2) is 0 Å². The predicted molar refractivity (Wildman–Crippen MR) is 58.1 cm³/mol. The van der Waals surface area contributed by atoms with E-state index < -0.39 is 0 Å². The van der Waals surface area contributed by atoms with E-state index in [1.165, 1.54) is 25.9 Å². The highest BCUT2D eigenvalue weighted by Gasteiger charge is 2.44. The van der Waals surface area contributed by atoms with E-state index in [-0.39, 0.29) is 0 Å². The smallest absolute Gasteiger partial charge is 0.0291 e. The number of hydrogen-bond acceptors (Lipinski definition) is 2. The quantitative estimate of drug-likeness (QED) is 0.638. The molecule has 0 spiro atoms. The van der Waals surface area contributed by atoms with Gasteiger partial charge in [-0.05, 0) is 50.1 Å². The highest BCUT2D eigenvalue weighted by Crippen LogP contribution is 2.46. The first kappa shape index (κ1) is 8.93. The molecule has 0 aromatic rings. The Labute approximate surface area is 86.1 Å². The first-order valence-electron chi connectivity index (χ1n) is 5.96. The Morgan fingerprint density at radius 1 is 1.14 bits per heavy atom. The number of hydrogen-bond donors (Lipinski definition) is 2. The van der Waals surface area contributed by atoms with Crippen molar-refractivity contribution in [3.63, 3.8) is 0 Å². The summed E-state index contributed by atoms with van der Waals surface area (Å²) < 4.78 is 0. The van der Waals surface area contributed by atoms with E-state index in [1.807, 2.05) is 0 Å². The third-order valence-electron chi connectivity index (χ3n) is 4.31. The summed E-state index contributed by atoms with van der Waals surface area (Å²) in [7, 11) is 2.09. The second-order valence-corrected chi connectivity index (χ2v) is 5.10. The standard InChI is InChI=1S/C12H20N2/c1-13-12-5-4-9(8-2-3-8)10-6-14-7-11(10)12/h4-5,8-14H,2-3,6-7H2,1H3. The first-order chi connectivity index (χ1) is 6.90. The fourth-order valence-corrected chi connectivity index (χ4v) is 3.37. The average Bonchev–Trinajstić information content (AvgIpc) is 2.93. The zero-order chi connectivity index (χ0) is 9.54. The predicted octanol–water partition coefficient (Wildman–Crippen LogP) is 1.01. The van der Waals surface area contributed by atoms with Crippen molar-refractivity contribution in [3.05, 3.63) is 12.2 Å². The van der Waals surface area contributed by atoms with Gasteiger partial charge < -0.3 is 10.6 Å². The molecule has 14 heavy (non-hydrogen) atoms. The normalized spacial score (nSPS) is 46.6. The van der Waals surface area contributed by atoms with Gasteiger partial charge in [0, 0.05) is 12.6 Å². The van der Waals surface area contributed by atoms with Crippen LogP contribution in [0.4, 0.5) is 0 Å². The van der Waals surface area contributed by atoms with Crippen LogP contribution >= 0.6 is 0 Å². The number of allylic oxidation sites excluding steroid dienone is 1. The summed E-state index contributed by atoms with van der Waals surface area (Å²) in [6, 6.07) is 0.616. The van der Waals surface area contributed by atoms with E-state index in [1.54, 1.807) is 0 Å². The summed E-state index contributed by atoms with van der Waals surface area (Å²) in [5, 5.41) is 6.99. The molecule has 1 saturated carbocycles. The molecule has 2 N–H and O–H groups in total. The van der Waals surface area contributed by atoms with Crippen molar-refractivity contribution in [2.45, 2.75) is 18.9 Å². The van der Waals surface area contributed by atoms with Gasteiger partial charge in [-0.3, -0.25) is 0 Å². The van der Waals surface area contributed by atoms with Gasteiger partial charge in [0.05, 0.1) is 0 Å². The molecule has 78 valence electrons. The number of fused-ring (bicyclic) bond motifs is 1. The Hall–Kier alpha value is -0.340. The first-order valence-corrected chi connectivity index (χ1v) is 5.96. The monoisotopic (exact) mass is 192 g/mol. The minimum absolute atomic E-state index is 0.616. The van der Waals surface area contributed by atoms with E-state index in [9.17, 15) is 0 Å². The van der Waals surface area contributed by atoms with Crippen molar-refractivity contribution < 1.29 is 0 Å². The molecule has 0 aromatic heterocycles. The number of nitrogens with one attached hydrogen (secondary N) is 2. The van der Waals surface area contributed by atoms with Crippen LogP contribution in [0.2, 0.25) is 0 Å². The van der Waals surface area contributed by atoms with Gasteiger partial charge in [-0.15, -0.1) is 0 Å². The molecular formula is C12H20N2. The van der Waals surface area contributed by atoms with Crippen LogP contribution < -0.4 is 10.6 Å². The second-order valence-electron chi connectivity index (χ2n) is 5.10. The lowest BCUT2D eigenvalue weighted by molar-refractivity contribution is 0.251. The summed E-state index contributed by atoms with van der Waals surface area (Å²) in [5.41, 5.74) is 0. The lowest BCUT2D eigenvalue weighted by Crippen LogP contribution is -2.41.